The molecule has 0 radical (unpaired) electrons. The standard InChI is InChI=1S/C10H9Br2N/c1-5-6(2)13-9-4-7(11)3-8(12)10(5)9/h3-5H,1-2H3. The summed E-state index contributed by atoms with van der Waals surface area (Å²) in [4.78, 5) is 4.51. The molecule has 0 bridgehead atoms. The first-order chi connectivity index (χ1) is 6.09. The number of nitrogens with zero attached hydrogens (tertiary/aromatic N) is 1. The Morgan fingerprint density at radius 1 is 1.31 bits per heavy atom. The first kappa shape index (κ1) is 9.41. The third-order valence-corrected chi connectivity index (χ3v) is 3.54. The molecule has 1 aromatic rings. The molecule has 0 aromatic heterocycles. The van der Waals surface area contributed by atoms with Crippen LogP contribution in [0.1, 0.15) is 25.3 Å². The molecule has 1 unspecified atom stereocenters. The third-order valence-electron chi connectivity index (χ3n) is 2.43. The van der Waals surface area contributed by atoms with Gasteiger partial charge < -0.3 is 0 Å². The van der Waals surface area contributed by atoms with E-state index in [1.54, 1.807) is 0 Å². The second kappa shape index (κ2) is 3.21. The summed E-state index contributed by atoms with van der Waals surface area (Å²) < 4.78 is 2.22. The van der Waals surface area contributed by atoms with E-state index in [1.807, 2.05) is 0 Å². The number of hydrogen-bond acceptors (Lipinski definition) is 1. The van der Waals surface area contributed by atoms with Crippen molar-refractivity contribution in [2.24, 2.45) is 4.99 Å². The maximum atomic E-state index is 4.51. The normalized spacial score (nSPS) is 20.0. The van der Waals surface area contributed by atoms with Crippen LogP contribution in [0.3, 0.4) is 0 Å². The maximum absolute atomic E-state index is 4.51. The fourth-order valence-electron chi connectivity index (χ4n) is 1.59. The Kier molecular flexibility index (Phi) is 2.32. The van der Waals surface area contributed by atoms with Crippen molar-refractivity contribution in [3.05, 3.63) is 26.6 Å². The van der Waals surface area contributed by atoms with E-state index in [2.05, 4.69) is 62.8 Å². The molecule has 68 valence electrons. The third kappa shape index (κ3) is 1.48. The van der Waals surface area contributed by atoms with Crippen LogP contribution in [0.4, 0.5) is 5.69 Å². The average molecular weight is 303 g/mol. The number of halogens is 2. The highest BCUT2D eigenvalue weighted by Crippen LogP contribution is 2.41. The zero-order valence-electron chi connectivity index (χ0n) is 7.44. The minimum absolute atomic E-state index is 0.442. The van der Waals surface area contributed by atoms with Crippen molar-refractivity contribution >= 4 is 43.3 Å². The molecule has 1 aliphatic rings. The summed E-state index contributed by atoms with van der Waals surface area (Å²) in [6, 6.07) is 4.14. The largest absolute Gasteiger partial charge is 0.257 e. The molecule has 0 fully saturated rings. The van der Waals surface area contributed by atoms with Crippen molar-refractivity contribution in [3.8, 4) is 0 Å². The quantitative estimate of drug-likeness (QED) is 0.672. The van der Waals surface area contributed by atoms with Gasteiger partial charge in [0.05, 0.1) is 5.69 Å². The van der Waals surface area contributed by atoms with E-state index >= 15 is 0 Å². The molecule has 2 rings (SSSR count). The summed E-state index contributed by atoms with van der Waals surface area (Å²) in [5.74, 6) is 0.442. The Morgan fingerprint density at radius 2 is 2.00 bits per heavy atom. The van der Waals surface area contributed by atoms with Gasteiger partial charge >= 0.3 is 0 Å². The first-order valence-corrected chi connectivity index (χ1v) is 5.72. The van der Waals surface area contributed by atoms with Gasteiger partial charge in [0.1, 0.15) is 0 Å². The Morgan fingerprint density at radius 3 is 2.69 bits per heavy atom. The lowest BCUT2D eigenvalue weighted by Crippen LogP contribution is -1.98. The Labute approximate surface area is 94.5 Å². The molecule has 1 aromatic carbocycles. The molecule has 1 heterocycles. The van der Waals surface area contributed by atoms with Crippen LogP contribution in [0.15, 0.2) is 26.1 Å². The highest BCUT2D eigenvalue weighted by molar-refractivity contribution is 9.11. The van der Waals surface area contributed by atoms with Crippen molar-refractivity contribution in [1.82, 2.24) is 0 Å². The molecular formula is C10H9Br2N. The SMILES string of the molecule is CC1=Nc2cc(Br)cc(Br)c2C1C. The van der Waals surface area contributed by atoms with Gasteiger partial charge in [0.15, 0.2) is 0 Å². The molecule has 0 aliphatic carbocycles. The lowest BCUT2D eigenvalue weighted by Gasteiger charge is -2.07. The highest BCUT2D eigenvalue weighted by Gasteiger charge is 2.22. The molecular weight excluding hydrogens is 294 g/mol. The van der Waals surface area contributed by atoms with Crippen molar-refractivity contribution < 1.29 is 0 Å². The predicted octanol–water partition coefficient (Wildman–Crippen LogP) is 4.42. The molecule has 13 heavy (non-hydrogen) atoms. The van der Waals surface area contributed by atoms with Crippen molar-refractivity contribution in [1.29, 1.82) is 0 Å². The maximum Gasteiger partial charge on any atom is 0.0690 e. The van der Waals surface area contributed by atoms with E-state index in [-0.39, 0.29) is 0 Å². The van der Waals surface area contributed by atoms with E-state index in [4.69, 9.17) is 0 Å². The van der Waals surface area contributed by atoms with Gasteiger partial charge in [-0.05, 0) is 19.1 Å². The number of rotatable bonds is 0. The van der Waals surface area contributed by atoms with Gasteiger partial charge in [-0.25, -0.2) is 0 Å². The Balaban J connectivity index is 2.66. The van der Waals surface area contributed by atoms with Crippen LogP contribution in [-0.2, 0) is 0 Å². The molecule has 0 saturated heterocycles. The van der Waals surface area contributed by atoms with Crippen LogP contribution in [0.25, 0.3) is 0 Å². The van der Waals surface area contributed by atoms with Crippen LogP contribution >= 0.6 is 31.9 Å². The second-order valence-electron chi connectivity index (χ2n) is 3.30. The zero-order chi connectivity index (χ0) is 9.59. The minimum Gasteiger partial charge on any atom is -0.257 e. The van der Waals surface area contributed by atoms with Gasteiger partial charge in [-0.2, -0.15) is 0 Å². The van der Waals surface area contributed by atoms with Crippen LogP contribution in [0.5, 0.6) is 0 Å². The topological polar surface area (TPSA) is 12.4 Å². The second-order valence-corrected chi connectivity index (χ2v) is 5.07. The van der Waals surface area contributed by atoms with Gasteiger partial charge in [0.2, 0.25) is 0 Å². The summed E-state index contributed by atoms with van der Waals surface area (Å²) in [6.07, 6.45) is 0. The molecule has 0 spiro atoms. The van der Waals surface area contributed by atoms with Crippen LogP contribution < -0.4 is 0 Å². The molecule has 0 N–H and O–H groups in total. The minimum atomic E-state index is 0.442. The van der Waals surface area contributed by atoms with E-state index < -0.39 is 0 Å². The summed E-state index contributed by atoms with van der Waals surface area (Å²) in [7, 11) is 0. The van der Waals surface area contributed by atoms with Crippen molar-refractivity contribution in [2.45, 2.75) is 19.8 Å². The van der Waals surface area contributed by atoms with E-state index in [0.717, 1.165) is 14.6 Å². The van der Waals surface area contributed by atoms with Crippen LogP contribution in [-0.4, -0.2) is 5.71 Å². The van der Waals surface area contributed by atoms with Gasteiger partial charge in [-0.3, -0.25) is 4.99 Å². The smallest absolute Gasteiger partial charge is 0.0690 e. The molecule has 0 saturated carbocycles. The summed E-state index contributed by atoms with van der Waals surface area (Å²) in [5, 5.41) is 0. The zero-order valence-corrected chi connectivity index (χ0v) is 10.6. The number of fused-ring (bicyclic) bond motifs is 1. The highest BCUT2D eigenvalue weighted by atomic mass is 79.9. The summed E-state index contributed by atoms with van der Waals surface area (Å²) in [6.45, 7) is 4.26. The molecule has 1 nitrogen and oxygen atoms in total. The van der Waals surface area contributed by atoms with Gasteiger partial charge in [-0.1, -0.05) is 38.8 Å². The monoisotopic (exact) mass is 301 g/mol. The summed E-state index contributed by atoms with van der Waals surface area (Å²) in [5.41, 5.74) is 3.58. The van der Waals surface area contributed by atoms with Crippen molar-refractivity contribution in [2.75, 3.05) is 0 Å². The lowest BCUT2D eigenvalue weighted by molar-refractivity contribution is 1.04. The Hall–Kier alpha value is -0.150. The lowest BCUT2D eigenvalue weighted by atomic mass is 9.99. The van der Waals surface area contributed by atoms with E-state index in [0.29, 0.717) is 5.92 Å². The molecule has 1 aliphatic heterocycles. The first-order valence-electron chi connectivity index (χ1n) is 4.13. The summed E-state index contributed by atoms with van der Waals surface area (Å²) >= 11 is 7.02. The van der Waals surface area contributed by atoms with Gasteiger partial charge in [0, 0.05) is 26.1 Å². The number of hydrogen-bond donors (Lipinski definition) is 0. The van der Waals surface area contributed by atoms with E-state index in [1.165, 1.54) is 11.3 Å². The molecule has 0 amide bonds. The number of aliphatic imine (C=N–C) groups is 1. The predicted molar refractivity (Wildman–Crippen MR) is 63.0 cm³/mol. The number of benzene rings is 1. The fourth-order valence-corrected chi connectivity index (χ4v) is 3.13. The van der Waals surface area contributed by atoms with Gasteiger partial charge in [0.25, 0.3) is 0 Å². The molecule has 3 heteroatoms. The Bertz CT molecular complexity index is 396. The fraction of sp³-hybridized carbons (Fsp3) is 0.300. The van der Waals surface area contributed by atoms with Crippen LogP contribution in [0, 0.1) is 0 Å². The van der Waals surface area contributed by atoms with Gasteiger partial charge in [-0.15, -0.1) is 0 Å². The average Bonchev–Trinajstić information content (AvgIpc) is 2.27. The van der Waals surface area contributed by atoms with E-state index in [9.17, 15) is 0 Å². The van der Waals surface area contributed by atoms with Crippen molar-refractivity contribution in [3.63, 3.8) is 0 Å². The van der Waals surface area contributed by atoms with Crippen LogP contribution in [0.2, 0.25) is 0 Å². The molecule has 1 atom stereocenters.